The molecule has 0 bridgehead atoms. The summed E-state index contributed by atoms with van der Waals surface area (Å²) in [5.74, 6) is 1.62. The van der Waals surface area contributed by atoms with Crippen molar-refractivity contribution in [1.82, 2.24) is 9.38 Å². The molecule has 26 heavy (non-hydrogen) atoms. The highest BCUT2D eigenvalue weighted by Gasteiger charge is 2.14. The lowest BCUT2D eigenvalue weighted by Gasteiger charge is -2.18. The maximum Gasteiger partial charge on any atom is 0.275 e. The zero-order valence-electron chi connectivity index (χ0n) is 14.4. The second kappa shape index (κ2) is 6.29. The summed E-state index contributed by atoms with van der Waals surface area (Å²) in [6.07, 6.45) is 6.83. The van der Waals surface area contributed by atoms with E-state index in [0.29, 0.717) is 4.53 Å². The summed E-state index contributed by atoms with van der Waals surface area (Å²) in [5, 5.41) is 0. The largest absolute Gasteiger partial charge is 0.441 e. The zero-order chi connectivity index (χ0) is 17.5. The van der Waals surface area contributed by atoms with Gasteiger partial charge in [0.05, 0.1) is 11.0 Å². The Balaban J connectivity index is 1.54. The molecule has 0 unspecified atom stereocenters. The molecule has 0 aliphatic carbocycles. The van der Waals surface area contributed by atoms with E-state index in [1.807, 2.05) is 42.5 Å². The number of hydrogen-bond donors (Lipinski definition) is 0. The minimum absolute atomic E-state index is 0.0357. The molecule has 4 heterocycles. The third-order valence-electron chi connectivity index (χ3n) is 4.95. The van der Waals surface area contributed by atoms with E-state index in [-0.39, 0.29) is 5.56 Å². The predicted octanol–water partition coefficient (Wildman–Crippen LogP) is 3.43. The van der Waals surface area contributed by atoms with E-state index in [4.69, 9.17) is 4.42 Å². The van der Waals surface area contributed by atoms with Crippen LogP contribution in [0.2, 0.25) is 0 Å². The van der Waals surface area contributed by atoms with Gasteiger partial charge in [-0.15, -0.1) is 0 Å². The number of furan rings is 1. The Morgan fingerprint density at radius 1 is 1.04 bits per heavy atom. The highest BCUT2D eigenvalue weighted by Crippen LogP contribution is 2.23. The average Bonchev–Trinajstić information content (AvgIpc) is 3.25. The number of aromatic nitrogens is 2. The molecule has 1 aliphatic heterocycles. The van der Waals surface area contributed by atoms with Gasteiger partial charge >= 0.3 is 0 Å². The Morgan fingerprint density at radius 3 is 2.69 bits per heavy atom. The Labute approximate surface area is 154 Å². The van der Waals surface area contributed by atoms with E-state index in [1.54, 1.807) is 4.40 Å². The number of rotatable bonds is 2. The molecule has 4 aromatic rings. The molecule has 0 spiro atoms. The van der Waals surface area contributed by atoms with Crippen molar-refractivity contribution in [2.24, 2.45) is 0 Å². The first kappa shape index (κ1) is 15.6. The van der Waals surface area contributed by atoms with Crippen molar-refractivity contribution < 1.29 is 4.42 Å². The van der Waals surface area contributed by atoms with Gasteiger partial charge in [-0.2, -0.15) is 0 Å². The summed E-state index contributed by atoms with van der Waals surface area (Å²) in [5.41, 5.74) is 1.67. The first-order valence-electron chi connectivity index (χ1n) is 9.06. The molecule has 1 aliphatic rings. The molecule has 0 saturated carbocycles. The van der Waals surface area contributed by atoms with E-state index >= 15 is 0 Å². The second-order valence-electron chi connectivity index (χ2n) is 6.71. The van der Waals surface area contributed by atoms with E-state index in [2.05, 4.69) is 9.88 Å². The highest BCUT2D eigenvalue weighted by molar-refractivity contribution is 7.15. The summed E-state index contributed by atoms with van der Waals surface area (Å²) < 4.78 is 8.34. The quantitative estimate of drug-likeness (QED) is 0.546. The molecular weight excluding hydrogens is 346 g/mol. The highest BCUT2D eigenvalue weighted by atomic mass is 32.1. The average molecular weight is 365 g/mol. The van der Waals surface area contributed by atoms with Gasteiger partial charge in [-0.05, 0) is 31.0 Å². The van der Waals surface area contributed by atoms with Gasteiger partial charge in [0.2, 0.25) is 0 Å². The Hall–Kier alpha value is -2.60. The molecule has 5 rings (SSSR count). The lowest BCUT2D eigenvalue weighted by atomic mass is 10.2. The fourth-order valence-corrected chi connectivity index (χ4v) is 4.59. The van der Waals surface area contributed by atoms with Crippen molar-refractivity contribution in [2.45, 2.75) is 25.7 Å². The van der Waals surface area contributed by atoms with E-state index in [9.17, 15) is 4.79 Å². The molecule has 1 saturated heterocycles. The Bertz CT molecular complexity index is 1180. The van der Waals surface area contributed by atoms with Crippen molar-refractivity contribution >= 4 is 39.3 Å². The number of anilines is 1. The van der Waals surface area contributed by atoms with E-state index in [1.165, 1.54) is 37.0 Å². The molecule has 0 N–H and O–H groups in total. The van der Waals surface area contributed by atoms with Crippen molar-refractivity contribution in [3.8, 4) is 0 Å². The van der Waals surface area contributed by atoms with Gasteiger partial charge < -0.3 is 9.32 Å². The number of nitrogens with zero attached hydrogens (tertiary/aromatic N) is 3. The minimum atomic E-state index is -0.0357. The SMILES string of the molecule is O=c1c(=Cc2ccc(N3CCCCCC3)o2)sc2nc3ccccc3n12. The normalized spacial score (nSPS) is 16.6. The number of fused-ring (bicyclic) bond motifs is 3. The van der Waals surface area contributed by atoms with Crippen molar-refractivity contribution in [3.05, 3.63) is 57.0 Å². The van der Waals surface area contributed by atoms with Crippen molar-refractivity contribution in [1.29, 1.82) is 0 Å². The smallest absolute Gasteiger partial charge is 0.275 e. The monoisotopic (exact) mass is 365 g/mol. The van der Waals surface area contributed by atoms with Crippen LogP contribution in [0.3, 0.4) is 0 Å². The fraction of sp³-hybridized carbons (Fsp3) is 0.300. The number of hydrogen-bond acceptors (Lipinski definition) is 5. The standard InChI is InChI=1S/C20H19N3O2S/c24-19-17(26-20-21-15-7-3-4-8-16(15)23(19)20)13-14-9-10-18(25-14)22-11-5-1-2-6-12-22/h3-4,7-10,13H,1-2,5-6,11-12H2. The summed E-state index contributed by atoms with van der Waals surface area (Å²) in [7, 11) is 0. The molecular formula is C20H19N3O2S. The summed E-state index contributed by atoms with van der Waals surface area (Å²) >= 11 is 1.40. The Morgan fingerprint density at radius 2 is 1.85 bits per heavy atom. The number of para-hydroxylation sites is 2. The van der Waals surface area contributed by atoms with Crippen LogP contribution in [-0.2, 0) is 0 Å². The van der Waals surface area contributed by atoms with Crippen LogP contribution in [0, 0.1) is 0 Å². The third kappa shape index (κ3) is 2.61. The predicted molar refractivity (Wildman–Crippen MR) is 105 cm³/mol. The first-order valence-corrected chi connectivity index (χ1v) is 9.88. The molecule has 3 aromatic heterocycles. The van der Waals surface area contributed by atoms with Crippen molar-refractivity contribution in [2.75, 3.05) is 18.0 Å². The summed E-state index contributed by atoms with van der Waals surface area (Å²) in [4.78, 5) is 20.4. The maximum atomic E-state index is 12.8. The summed E-state index contributed by atoms with van der Waals surface area (Å²) in [6.45, 7) is 2.08. The van der Waals surface area contributed by atoms with Crippen LogP contribution in [0.5, 0.6) is 0 Å². The van der Waals surface area contributed by atoms with Crippen LogP contribution in [0.15, 0.2) is 45.6 Å². The van der Waals surface area contributed by atoms with Gasteiger partial charge in [0, 0.05) is 25.2 Å². The second-order valence-corrected chi connectivity index (χ2v) is 7.72. The molecule has 5 nitrogen and oxygen atoms in total. The molecule has 6 heteroatoms. The summed E-state index contributed by atoms with van der Waals surface area (Å²) in [6, 6.07) is 11.7. The maximum absolute atomic E-state index is 12.8. The number of benzene rings is 1. The Kier molecular flexibility index (Phi) is 3.78. The zero-order valence-corrected chi connectivity index (χ0v) is 15.2. The van der Waals surface area contributed by atoms with Gasteiger partial charge in [-0.25, -0.2) is 9.38 Å². The first-order chi connectivity index (χ1) is 12.8. The van der Waals surface area contributed by atoms with Crippen LogP contribution in [0.1, 0.15) is 31.4 Å². The van der Waals surface area contributed by atoms with E-state index in [0.717, 1.165) is 40.7 Å². The van der Waals surface area contributed by atoms with Gasteiger partial charge in [-0.1, -0.05) is 36.3 Å². The van der Waals surface area contributed by atoms with Crippen LogP contribution < -0.4 is 15.0 Å². The molecule has 0 amide bonds. The minimum Gasteiger partial charge on any atom is -0.441 e. The van der Waals surface area contributed by atoms with Crippen LogP contribution in [0.25, 0.3) is 22.1 Å². The number of thiazole rings is 1. The topological polar surface area (TPSA) is 50.8 Å². The van der Waals surface area contributed by atoms with Gasteiger partial charge in [-0.3, -0.25) is 4.79 Å². The fourth-order valence-electron chi connectivity index (χ4n) is 3.62. The van der Waals surface area contributed by atoms with Crippen molar-refractivity contribution in [3.63, 3.8) is 0 Å². The molecule has 1 fully saturated rings. The van der Waals surface area contributed by atoms with Crippen LogP contribution in [-0.4, -0.2) is 22.5 Å². The molecule has 0 radical (unpaired) electrons. The van der Waals surface area contributed by atoms with E-state index < -0.39 is 0 Å². The molecule has 1 aromatic carbocycles. The molecule has 132 valence electrons. The van der Waals surface area contributed by atoms with Gasteiger partial charge in [0.25, 0.3) is 5.56 Å². The van der Waals surface area contributed by atoms with Crippen LogP contribution in [0.4, 0.5) is 5.88 Å². The lowest BCUT2D eigenvalue weighted by Crippen LogP contribution is -2.23. The van der Waals surface area contributed by atoms with Gasteiger partial charge in [0.15, 0.2) is 10.8 Å². The lowest BCUT2D eigenvalue weighted by molar-refractivity contribution is 0.535. The third-order valence-corrected chi connectivity index (χ3v) is 5.92. The molecule has 0 atom stereocenters. The van der Waals surface area contributed by atoms with Gasteiger partial charge in [0.1, 0.15) is 10.3 Å². The van der Waals surface area contributed by atoms with Crippen LogP contribution >= 0.6 is 11.3 Å². The number of imidazole rings is 1.